The summed E-state index contributed by atoms with van der Waals surface area (Å²) in [5.41, 5.74) is 0.949. The average molecular weight is 443 g/mol. The fourth-order valence-electron chi connectivity index (χ4n) is 3.99. The van der Waals surface area contributed by atoms with Crippen LogP contribution < -0.4 is 9.47 Å². The Morgan fingerprint density at radius 3 is 2.32 bits per heavy atom. The molecular formula is C23H26N2O5S. The molecule has 2 aromatic rings. The normalized spacial score (nSPS) is 21.8. The Labute approximate surface area is 185 Å². The zero-order valence-corrected chi connectivity index (χ0v) is 18.7. The molecule has 1 saturated heterocycles. The predicted octanol–water partition coefficient (Wildman–Crippen LogP) is 3.02. The van der Waals surface area contributed by atoms with Gasteiger partial charge in [0.05, 0.1) is 31.4 Å². The summed E-state index contributed by atoms with van der Waals surface area (Å²) in [6.45, 7) is 5.50. The molecular weight excluding hydrogens is 416 g/mol. The van der Waals surface area contributed by atoms with Gasteiger partial charge in [0.1, 0.15) is 23.8 Å². The van der Waals surface area contributed by atoms with E-state index in [1.807, 2.05) is 36.3 Å². The van der Waals surface area contributed by atoms with Crippen LogP contribution in [0.1, 0.15) is 18.7 Å². The first-order valence-corrected chi connectivity index (χ1v) is 11.2. The van der Waals surface area contributed by atoms with Crippen LogP contribution in [0, 0.1) is 0 Å². The number of imide groups is 1. The second kappa shape index (κ2) is 9.11. The van der Waals surface area contributed by atoms with E-state index in [0.29, 0.717) is 30.1 Å². The van der Waals surface area contributed by atoms with Crippen molar-refractivity contribution in [2.45, 2.75) is 26.1 Å². The van der Waals surface area contributed by atoms with Crippen molar-refractivity contribution in [1.82, 2.24) is 9.80 Å². The molecule has 4 rings (SSSR count). The number of nitrogens with zero attached hydrogens (tertiary/aromatic N) is 2. The van der Waals surface area contributed by atoms with Crippen LogP contribution in [-0.4, -0.2) is 67.2 Å². The second-order valence-corrected chi connectivity index (χ2v) is 8.60. The summed E-state index contributed by atoms with van der Waals surface area (Å²) < 4.78 is 16.7. The van der Waals surface area contributed by atoms with Gasteiger partial charge < -0.3 is 19.1 Å². The average Bonchev–Trinajstić information content (AvgIpc) is 3.35. The molecule has 1 fully saturated rings. The molecule has 31 heavy (non-hydrogen) atoms. The van der Waals surface area contributed by atoms with E-state index in [1.165, 1.54) is 16.2 Å². The number of carbonyl (C=O) groups is 2. The lowest BCUT2D eigenvalue weighted by Crippen LogP contribution is -2.47. The number of ether oxygens (including phenoxy) is 3. The molecule has 1 aromatic carbocycles. The minimum atomic E-state index is -0.271. The first-order valence-electron chi connectivity index (χ1n) is 10.3. The highest BCUT2D eigenvalue weighted by Gasteiger charge is 2.43. The largest absolute Gasteiger partial charge is 0.497 e. The van der Waals surface area contributed by atoms with Gasteiger partial charge in [-0.15, -0.1) is 11.3 Å². The van der Waals surface area contributed by atoms with Crippen molar-refractivity contribution in [2.75, 3.05) is 33.4 Å². The quantitative estimate of drug-likeness (QED) is 0.614. The highest BCUT2D eigenvalue weighted by Crippen LogP contribution is 2.35. The van der Waals surface area contributed by atoms with Crippen LogP contribution in [0.4, 0.5) is 0 Å². The number of hydrogen-bond donors (Lipinski definition) is 0. The number of morpholine rings is 1. The second-order valence-electron chi connectivity index (χ2n) is 7.65. The Bertz CT molecular complexity index is 960. The van der Waals surface area contributed by atoms with Gasteiger partial charge in [0.15, 0.2) is 0 Å². The van der Waals surface area contributed by atoms with E-state index in [-0.39, 0.29) is 37.2 Å². The van der Waals surface area contributed by atoms with E-state index in [1.54, 1.807) is 31.4 Å². The van der Waals surface area contributed by atoms with Crippen molar-refractivity contribution in [3.8, 4) is 11.5 Å². The number of methoxy groups -OCH3 is 1. The Balaban J connectivity index is 1.52. The van der Waals surface area contributed by atoms with Crippen LogP contribution >= 0.6 is 11.3 Å². The minimum absolute atomic E-state index is 0.0174. The van der Waals surface area contributed by atoms with Crippen molar-refractivity contribution in [3.63, 3.8) is 0 Å². The fraction of sp³-hybridized carbons (Fsp3) is 0.391. The monoisotopic (exact) mass is 442 g/mol. The molecule has 7 nitrogen and oxygen atoms in total. The van der Waals surface area contributed by atoms with Gasteiger partial charge in [0, 0.05) is 18.0 Å². The maximum Gasteiger partial charge on any atom is 0.278 e. The number of amides is 2. The minimum Gasteiger partial charge on any atom is -0.497 e. The Morgan fingerprint density at radius 1 is 1.03 bits per heavy atom. The van der Waals surface area contributed by atoms with Gasteiger partial charge in [0.25, 0.3) is 11.8 Å². The molecule has 3 heterocycles. The molecule has 0 spiro atoms. The third-order valence-electron chi connectivity index (χ3n) is 5.29. The van der Waals surface area contributed by atoms with Crippen molar-refractivity contribution in [2.24, 2.45) is 0 Å². The molecule has 0 saturated carbocycles. The molecule has 2 amide bonds. The first kappa shape index (κ1) is 21.4. The summed E-state index contributed by atoms with van der Waals surface area (Å²) in [7, 11) is 1.60. The van der Waals surface area contributed by atoms with Gasteiger partial charge >= 0.3 is 0 Å². The van der Waals surface area contributed by atoms with Crippen molar-refractivity contribution in [1.29, 1.82) is 0 Å². The van der Waals surface area contributed by atoms with E-state index in [4.69, 9.17) is 14.2 Å². The van der Waals surface area contributed by atoms with Crippen LogP contribution in [0.5, 0.6) is 11.5 Å². The molecule has 2 unspecified atom stereocenters. The highest BCUT2D eigenvalue weighted by molar-refractivity contribution is 7.11. The maximum absolute atomic E-state index is 13.4. The van der Waals surface area contributed by atoms with Gasteiger partial charge in [-0.1, -0.05) is 6.07 Å². The number of hydrogen-bond acceptors (Lipinski definition) is 7. The molecule has 2 atom stereocenters. The molecule has 0 bridgehead atoms. The summed E-state index contributed by atoms with van der Waals surface area (Å²) in [4.78, 5) is 30.7. The van der Waals surface area contributed by atoms with Crippen molar-refractivity contribution in [3.05, 3.63) is 52.4 Å². The van der Waals surface area contributed by atoms with Gasteiger partial charge in [-0.25, -0.2) is 0 Å². The third kappa shape index (κ3) is 4.45. The topological polar surface area (TPSA) is 68.3 Å². The van der Waals surface area contributed by atoms with E-state index < -0.39 is 0 Å². The van der Waals surface area contributed by atoms with E-state index in [0.717, 1.165) is 10.6 Å². The van der Waals surface area contributed by atoms with Crippen LogP contribution in [0.25, 0.3) is 5.57 Å². The number of thiophene rings is 1. The zero-order chi connectivity index (χ0) is 22.0. The highest BCUT2D eigenvalue weighted by atomic mass is 32.1. The molecule has 8 heteroatoms. The summed E-state index contributed by atoms with van der Waals surface area (Å²) in [5.74, 6) is 0.851. The number of carbonyl (C=O) groups excluding carboxylic acids is 2. The molecule has 1 aromatic heterocycles. The van der Waals surface area contributed by atoms with Gasteiger partial charge in [0.2, 0.25) is 0 Å². The van der Waals surface area contributed by atoms with Crippen LogP contribution in [0.15, 0.2) is 47.5 Å². The summed E-state index contributed by atoms with van der Waals surface area (Å²) >= 11 is 1.46. The molecule has 2 aliphatic rings. The zero-order valence-electron chi connectivity index (χ0n) is 17.9. The molecule has 2 aliphatic heterocycles. The Morgan fingerprint density at radius 2 is 1.71 bits per heavy atom. The van der Waals surface area contributed by atoms with Crippen LogP contribution in [0.3, 0.4) is 0 Å². The van der Waals surface area contributed by atoms with Crippen LogP contribution in [0.2, 0.25) is 0 Å². The fourth-order valence-corrected chi connectivity index (χ4v) is 4.75. The van der Waals surface area contributed by atoms with Crippen molar-refractivity contribution < 1.29 is 23.8 Å². The third-order valence-corrected chi connectivity index (χ3v) is 6.18. The van der Waals surface area contributed by atoms with E-state index >= 15 is 0 Å². The summed E-state index contributed by atoms with van der Waals surface area (Å²) in [6.07, 6.45) is -0.0348. The van der Waals surface area contributed by atoms with Gasteiger partial charge in [-0.05, 0) is 49.6 Å². The lowest BCUT2D eigenvalue weighted by atomic mass is 10.1. The molecule has 0 aliphatic carbocycles. The Kier molecular flexibility index (Phi) is 6.29. The van der Waals surface area contributed by atoms with Crippen molar-refractivity contribution >= 4 is 28.7 Å². The SMILES string of the molecule is COc1ccc(OCCN2C(=O)C(c3cccs3)=C(N3CC(C)OC(C)C3)C2=O)cc1. The molecule has 164 valence electrons. The first-order chi connectivity index (χ1) is 15.0. The van der Waals surface area contributed by atoms with Crippen LogP contribution in [-0.2, 0) is 14.3 Å². The molecule has 0 radical (unpaired) electrons. The standard InChI is InChI=1S/C23H26N2O5S/c1-15-13-24(14-16(2)30-15)21-20(19-5-4-12-31-19)22(26)25(23(21)27)10-11-29-18-8-6-17(28-3)7-9-18/h4-9,12,15-16H,10-11,13-14H2,1-3H3. The lowest BCUT2D eigenvalue weighted by molar-refractivity contribution is -0.138. The Hall–Kier alpha value is -2.84. The molecule has 0 N–H and O–H groups in total. The summed E-state index contributed by atoms with van der Waals surface area (Å²) in [5, 5.41) is 1.91. The maximum atomic E-state index is 13.4. The number of benzene rings is 1. The lowest BCUT2D eigenvalue weighted by Gasteiger charge is -2.37. The summed E-state index contributed by atoms with van der Waals surface area (Å²) in [6, 6.07) is 11.0. The number of rotatable bonds is 7. The van der Waals surface area contributed by atoms with E-state index in [2.05, 4.69) is 0 Å². The van der Waals surface area contributed by atoms with E-state index in [9.17, 15) is 9.59 Å². The van der Waals surface area contributed by atoms with Gasteiger partial charge in [-0.3, -0.25) is 14.5 Å². The van der Waals surface area contributed by atoms with Gasteiger partial charge in [-0.2, -0.15) is 0 Å². The predicted molar refractivity (Wildman–Crippen MR) is 118 cm³/mol. The smallest absolute Gasteiger partial charge is 0.278 e.